The minimum absolute atomic E-state index is 0.0894. The summed E-state index contributed by atoms with van der Waals surface area (Å²) in [7, 11) is 0. The lowest BCUT2D eigenvalue weighted by atomic mass is 10.7. The van der Waals surface area contributed by atoms with Gasteiger partial charge in [0.2, 0.25) is 0 Å². The second-order valence-electron chi connectivity index (χ2n) is 1.98. The summed E-state index contributed by atoms with van der Waals surface area (Å²) in [4.78, 5) is 0. The van der Waals surface area contributed by atoms with Gasteiger partial charge >= 0.3 is 0 Å². The topological polar surface area (TPSA) is 79.2 Å². The minimum Gasteiger partial charge on any atom is -0.394 e. The Morgan fingerprint density at radius 3 is 1.69 bits per heavy atom. The van der Waals surface area contributed by atoms with Crippen LogP contribution in [0.3, 0.4) is 0 Å². The zero-order valence-corrected chi connectivity index (χ0v) is 8.11. The molecule has 0 saturated carbocycles. The summed E-state index contributed by atoms with van der Waals surface area (Å²) in [5, 5.41) is 23.5. The summed E-state index contributed by atoms with van der Waals surface area (Å²) in [5.74, 6) is 0. The molecule has 0 aliphatic heterocycles. The quantitative estimate of drug-likeness (QED) is 0.455. The van der Waals surface area contributed by atoms with Crippen LogP contribution in [0.5, 0.6) is 0 Å². The number of rotatable bonds is 7. The van der Waals surface area contributed by atoms with Gasteiger partial charge in [-0.1, -0.05) is 0 Å². The maximum atomic E-state index is 8.26. The Balaban J connectivity index is 0. The maximum Gasteiger partial charge on any atom is 0.0701 e. The van der Waals surface area contributed by atoms with E-state index in [1.807, 2.05) is 6.92 Å². The number of hydrogen-bond acceptors (Lipinski definition) is 5. The fourth-order valence-electron chi connectivity index (χ4n) is 0.429. The van der Waals surface area contributed by atoms with E-state index in [9.17, 15) is 0 Å². The lowest BCUT2D eigenvalue weighted by molar-refractivity contribution is 0.0370. The molecule has 0 aliphatic rings. The molecule has 0 aromatic rings. The lowest BCUT2D eigenvalue weighted by Crippen LogP contribution is -2.06. The molecule has 0 radical (unpaired) electrons. The van der Waals surface area contributed by atoms with Crippen LogP contribution in [-0.4, -0.2) is 61.6 Å². The molecule has 3 N–H and O–H groups in total. The first-order chi connectivity index (χ1) is 6.33. The summed E-state index contributed by atoms with van der Waals surface area (Å²) in [5.41, 5.74) is 0. The Morgan fingerprint density at radius 2 is 1.31 bits per heavy atom. The molecule has 13 heavy (non-hydrogen) atoms. The smallest absolute Gasteiger partial charge is 0.0701 e. The molecule has 0 spiro atoms. The van der Waals surface area contributed by atoms with Gasteiger partial charge in [0.15, 0.2) is 0 Å². The van der Waals surface area contributed by atoms with Gasteiger partial charge in [0.05, 0.1) is 39.6 Å². The van der Waals surface area contributed by atoms with E-state index in [4.69, 9.17) is 24.8 Å². The Bertz CT molecular complexity index is 61.6. The van der Waals surface area contributed by atoms with Crippen molar-refractivity contribution in [1.29, 1.82) is 0 Å². The van der Waals surface area contributed by atoms with E-state index in [1.165, 1.54) is 0 Å². The molecule has 0 fully saturated rings. The van der Waals surface area contributed by atoms with Gasteiger partial charge in [-0.15, -0.1) is 0 Å². The fraction of sp³-hybridized carbons (Fsp3) is 1.00. The average Bonchev–Trinajstić information content (AvgIpc) is 2.18. The average molecular weight is 196 g/mol. The minimum atomic E-state index is -0.125. The predicted octanol–water partition coefficient (Wildman–Crippen LogP) is -0.997. The highest BCUT2D eigenvalue weighted by Crippen LogP contribution is 1.76. The van der Waals surface area contributed by atoms with E-state index in [1.54, 1.807) is 0 Å². The zero-order chi connectivity index (χ0) is 10.4. The summed E-state index contributed by atoms with van der Waals surface area (Å²) in [6.07, 6.45) is 0. The highest BCUT2D eigenvalue weighted by Gasteiger charge is 1.84. The normalized spacial score (nSPS) is 9.23. The van der Waals surface area contributed by atoms with Gasteiger partial charge in [-0.25, -0.2) is 0 Å². The molecule has 82 valence electrons. The van der Waals surface area contributed by atoms with Crippen molar-refractivity contribution in [3.63, 3.8) is 0 Å². The Hall–Kier alpha value is -0.200. The van der Waals surface area contributed by atoms with Crippen molar-refractivity contribution in [1.82, 2.24) is 0 Å². The molecular formula is C8H20O5. The molecule has 0 unspecified atom stereocenters. The Morgan fingerprint density at radius 1 is 0.769 bits per heavy atom. The number of hydrogen-bond donors (Lipinski definition) is 3. The van der Waals surface area contributed by atoms with Gasteiger partial charge in [0.1, 0.15) is 0 Å². The highest BCUT2D eigenvalue weighted by atomic mass is 16.5. The summed E-state index contributed by atoms with van der Waals surface area (Å²) in [6, 6.07) is 0. The van der Waals surface area contributed by atoms with Crippen LogP contribution in [0.15, 0.2) is 0 Å². The third-order valence-corrected chi connectivity index (χ3v) is 0.912. The van der Waals surface area contributed by atoms with Crippen LogP contribution in [0.1, 0.15) is 6.92 Å². The second-order valence-corrected chi connectivity index (χ2v) is 1.98. The zero-order valence-electron chi connectivity index (χ0n) is 8.11. The molecule has 0 rings (SSSR count). The van der Waals surface area contributed by atoms with Gasteiger partial charge in [-0.3, -0.25) is 0 Å². The molecular weight excluding hydrogens is 176 g/mol. The third-order valence-electron chi connectivity index (χ3n) is 0.912. The van der Waals surface area contributed by atoms with Gasteiger partial charge in [-0.05, 0) is 6.92 Å². The van der Waals surface area contributed by atoms with Crippen LogP contribution in [-0.2, 0) is 9.47 Å². The fourth-order valence-corrected chi connectivity index (χ4v) is 0.429. The van der Waals surface area contributed by atoms with Crippen molar-refractivity contribution in [2.24, 2.45) is 0 Å². The molecule has 5 nitrogen and oxygen atoms in total. The van der Waals surface area contributed by atoms with Crippen LogP contribution >= 0.6 is 0 Å². The lowest BCUT2D eigenvalue weighted by Gasteiger charge is -2.00. The molecule has 0 atom stereocenters. The van der Waals surface area contributed by atoms with Crippen molar-refractivity contribution < 1.29 is 24.8 Å². The number of ether oxygens (including phenoxy) is 2. The van der Waals surface area contributed by atoms with E-state index in [-0.39, 0.29) is 19.8 Å². The van der Waals surface area contributed by atoms with Crippen LogP contribution in [0.4, 0.5) is 0 Å². The van der Waals surface area contributed by atoms with E-state index in [0.717, 1.165) is 6.61 Å². The summed E-state index contributed by atoms with van der Waals surface area (Å²) >= 11 is 0. The monoisotopic (exact) mass is 196 g/mol. The van der Waals surface area contributed by atoms with Crippen molar-refractivity contribution in [2.45, 2.75) is 6.92 Å². The van der Waals surface area contributed by atoms with E-state index >= 15 is 0 Å². The first kappa shape index (κ1) is 15.3. The van der Waals surface area contributed by atoms with Crippen LogP contribution in [0, 0.1) is 0 Å². The van der Waals surface area contributed by atoms with Gasteiger partial charge in [-0.2, -0.15) is 0 Å². The third kappa shape index (κ3) is 24.5. The highest BCUT2D eigenvalue weighted by molar-refractivity contribution is 4.28. The second kappa shape index (κ2) is 17.8. The molecule has 0 aliphatic carbocycles. The summed E-state index contributed by atoms with van der Waals surface area (Å²) in [6.45, 7) is 4.11. The largest absolute Gasteiger partial charge is 0.394 e. The molecule has 0 aromatic heterocycles. The van der Waals surface area contributed by atoms with E-state index in [0.29, 0.717) is 19.8 Å². The van der Waals surface area contributed by atoms with Crippen LogP contribution < -0.4 is 0 Å². The van der Waals surface area contributed by atoms with Gasteiger partial charge < -0.3 is 24.8 Å². The molecule has 0 aromatic carbocycles. The van der Waals surface area contributed by atoms with Crippen molar-refractivity contribution in [3.05, 3.63) is 0 Å². The Kier molecular flexibility index (Phi) is 20.9. The standard InChI is InChI=1S/C6H14O3.C2H6O2/c1-2-8-5-6-9-4-3-7;3-1-2-4/h7H,2-6H2,1H3;3-4H,1-2H2. The van der Waals surface area contributed by atoms with Crippen LogP contribution in [0.2, 0.25) is 0 Å². The molecule has 0 saturated heterocycles. The molecule has 5 heteroatoms. The van der Waals surface area contributed by atoms with Crippen molar-refractivity contribution in [2.75, 3.05) is 46.2 Å². The van der Waals surface area contributed by atoms with E-state index < -0.39 is 0 Å². The van der Waals surface area contributed by atoms with Crippen molar-refractivity contribution >= 4 is 0 Å². The Labute approximate surface area is 78.9 Å². The molecule has 0 bridgehead atoms. The number of aliphatic hydroxyl groups is 3. The first-order valence-corrected chi connectivity index (χ1v) is 4.31. The van der Waals surface area contributed by atoms with E-state index in [2.05, 4.69) is 0 Å². The molecule has 0 heterocycles. The van der Waals surface area contributed by atoms with Gasteiger partial charge in [0.25, 0.3) is 0 Å². The summed E-state index contributed by atoms with van der Waals surface area (Å²) < 4.78 is 9.88. The SMILES string of the molecule is CCOCCOCCO.OCCO. The van der Waals surface area contributed by atoms with Crippen molar-refractivity contribution in [3.8, 4) is 0 Å². The number of aliphatic hydroxyl groups excluding tert-OH is 3. The van der Waals surface area contributed by atoms with Crippen LogP contribution in [0.25, 0.3) is 0 Å². The van der Waals surface area contributed by atoms with Gasteiger partial charge in [0, 0.05) is 6.61 Å². The predicted molar refractivity (Wildman–Crippen MR) is 48.6 cm³/mol. The molecule has 0 amide bonds. The first-order valence-electron chi connectivity index (χ1n) is 4.31. The maximum absolute atomic E-state index is 8.26.